The zero-order valence-electron chi connectivity index (χ0n) is 14.5. The minimum absolute atomic E-state index is 0.0755. The lowest BCUT2D eigenvalue weighted by Gasteiger charge is -2.26. The predicted octanol–water partition coefficient (Wildman–Crippen LogP) is 2.08. The number of aliphatic imine (C=N–C) groups is 1. The maximum atomic E-state index is 11.7. The Balaban J connectivity index is 2.94. The molecular weight excluding hydrogens is 326 g/mol. The highest BCUT2D eigenvalue weighted by atomic mass is 35.5. The monoisotopic (exact) mass is 350 g/mol. The lowest BCUT2D eigenvalue weighted by Crippen LogP contribution is -3.12. The van der Waals surface area contributed by atoms with Gasteiger partial charge in [0.25, 0.3) is 0 Å². The smallest absolute Gasteiger partial charge is 0.328 e. The van der Waals surface area contributed by atoms with Crippen LogP contribution in [-0.2, 0) is 9.53 Å². The Hall–Kier alpha value is -1.90. The number of esters is 1. The van der Waals surface area contributed by atoms with Crippen LogP contribution < -0.4 is 4.90 Å². The number of halogens is 1. The third-order valence-electron chi connectivity index (χ3n) is 3.90. The van der Waals surface area contributed by atoms with Crippen molar-refractivity contribution in [3.05, 3.63) is 34.9 Å². The van der Waals surface area contributed by atoms with Gasteiger partial charge in [0.2, 0.25) is 0 Å². The average Bonchev–Trinajstić information content (AvgIpc) is 2.59. The minimum Gasteiger partial charge on any atom is -0.465 e. The molecule has 24 heavy (non-hydrogen) atoms. The molecule has 0 heterocycles. The van der Waals surface area contributed by atoms with Gasteiger partial charge >= 0.3 is 5.97 Å². The number of carbonyl (C=O) groups is 1. The molecule has 5 nitrogen and oxygen atoms in total. The zero-order valence-corrected chi connectivity index (χ0v) is 15.2. The molecule has 130 valence electrons. The van der Waals surface area contributed by atoms with Gasteiger partial charge in [0.15, 0.2) is 5.92 Å². The van der Waals surface area contributed by atoms with Gasteiger partial charge in [0.05, 0.1) is 32.3 Å². The summed E-state index contributed by atoms with van der Waals surface area (Å²) in [5.74, 6) is -1.53. The second-order valence-electron chi connectivity index (χ2n) is 5.31. The first-order valence-electron chi connectivity index (χ1n) is 8.24. The summed E-state index contributed by atoms with van der Waals surface area (Å²) >= 11 is 6.35. The fourth-order valence-corrected chi connectivity index (χ4v) is 2.87. The largest absolute Gasteiger partial charge is 0.465 e. The van der Waals surface area contributed by atoms with E-state index in [0.29, 0.717) is 11.6 Å². The van der Waals surface area contributed by atoms with E-state index in [1.165, 1.54) is 11.1 Å². The summed E-state index contributed by atoms with van der Waals surface area (Å²) in [5.41, 5.74) is 1.03. The summed E-state index contributed by atoms with van der Waals surface area (Å²) in [4.78, 5) is 17.3. The van der Waals surface area contributed by atoms with Crippen LogP contribution >= 0.6 is 11.6 Å². The summed E-state index contributed by atoms with van der Waals surface area (Å²) in [6.07, 6.45) is 1.38. The van der Waals surface area contributed by atoms with Crippen molar-refractivity contribution in [3.8, 4) is 6.07 Å². The van der Waals surface area contributed by atoms with Crippen LogP contribution in [0.5, 0.6) is 0 Å². The highest BCUT2D eigenvalue weighted by molar-refractivity contribution is 6.31. The standard InChI is InChI=1S/C18H24ClN3O2/c1-4-22(5-2)17(15-9-7-8-10-16(15)19)13-21-12-14(11-20)18(23)24-6-3/h7-10,12,14,17H,4-6,13H2,1-3H3/p+1/t14?,17-/m0/s1. The van der Waals surface area contributed by atoms with Crippen molar-refractivity contribution in [2.24, 2.45) is 10.9 Å². The number of hydrogen-bond acceptors (Lipinski definition) is 4. The molecule has 0 spiro atoms. The van der Waals surface area contributed by atoms with E-state index in [2.05, 4.69) is 18.8 Å². The van der Waals surface area contributed by atoms with Gasteiger partial charge in [-0.3, -0.25) is 9.79 Å². The molecule has 0 bridgehead atoms. The number of nitrogens with zero attached hydrogens (tertiary/aromatic N) is 2. The molecule has 0 aliphatic rings. The number of nitrogens with one attached hydrogen (secondary N) is 1. The maximum Gasteiger partial charge on any atom is 0.328 e. The molecule has 0 amide bonds. The predicted molar refractivity (Wildman–Crippen MR) is 95.3 cm³/mol. The van der Waals surface area contributed by atoms with Crippen molar-refractivity contribution in [1.82, 2.24) is 0 Å². The van der Waals surface area contributed by atoms with Crippen LogP contribution in [0.1, 0.15) is 32.4 Å². The molecule has 0 saturated heterocycles. The number of hydrogen-bond donors (Lipinski definition) is 1. The second-order valence-corrected chi connectivity index (χ2v) is 5.72. The summed E-state index contributed by atoms with van der Waals surface area (Å²) in [6, 6.07) is 9.71. The summed E-state index contributed by atoms with van der Waals surface area (Å²) in [5, 5.41) is 9.79. The van der Waals surface area contributed by atoms with Crippen molar-refractivity contribution in [2.45, 2.75) is 26.8 Å². The van der Waals surface area contributed by atoms with Crippen molar-refractivity contribution < 1.29 is 14.4 Å². The molecule has 0 radical (unpaired) electrons. The Bertz CT molecular complexity index is 594. The van der Waals surface area contributed by atoms with Gasteiger partial charge in [0, 0.05) is 16.8 Å². The lowest BCUT2D eigenvalue weighted by atomic mass is 10.0. The summed E-state index contributed by atoms with van der Waals surface area (Å²) < 4.78 is 4.87. The number of nitriles is 1. The molecular formula is C18H25ClN3O2+. The molecule has 1 unspecified atom stereocenters. The molecule has 2 atom stereocenters. The number of rotatable bonds is 9. The van der Waals surface area contributed by atoms with Crippen molar-refractivity contribution in [3.63, 3.8) is 0 Å². The van der Waals surface area contributed by atoms with E-state index in [4.69, 9.17) is 21.6 Å². The molecule has 0 aliphatic carbocycles. The molecule has 1 N–H and O–H groups in total. The third-order valence-corrected chi connectivity index (χ3v) is 4.25. The highest BCUT2D eigenvalue weighted by Gasteiger charge is 2.24. The summed E-state index contributed by atoms with van der Waals surface area (Å²) in [6.45, 7) is 8.50. The first kappa shape index (κ1) is 20.1. The normalized spacial score (nSPS) is 13.7. The molecule has 0 aromatic heterocycles. The first-order valence-corrected chi connectivity index (χ1v) is 8.61. The quantitative estimate of drug-likeness (QED) is 0.547. The second kappa shape index (κ2) is 10.8. The minimum atomic E-state index is -0.969. The van der Waals surface area contributed by atoms with Crippen molar-refractivity contribution >= 4 is 23.8 Å². The van der Waals surface area contributed by atoms with E-state index in [9.17, 15) is 4.79 Å². The van der Waals surface area contributed by atoms with Gasteiger partial charge in [-0.2, -0.15) is 5.26 Å². The van der Waals surface area contributed by atoms with E-state index in [1.807, 2.05) is 30.3 Å². The van der Waals surface area contributed by atoms with Gasteiger partial charge in [0.1, 0.15) is 6.04 Å². The van der Waals surface area contributed by atoms with Crippen LogP contribution in [0.25, 0.3) is 0 Å². The van der Waals surface area contributed by atoms with Crippen molar-refractivity contribution in [2.75, 3.05) is 26.2 Å². The number of quaternary nitrogens is 1. The Morgan fingerprint density at radius 1 is 1.38 bits per heavy atom. The van der Waals surface area contributed by atoms with Crippen LogP contribution in [0.4, 0.5) is 0 Å². The molecule has 0 saturated carbocycles. The van der Waals surface area contributed by atoms with E-state index < -0.39 is 11.9 Å². The highest BCUT2D eigenvalue weighted by Crippen LogP contribution is 2.21. The molecule has 0 fully saturated rings. The Kier molecular flexibility index (Phi) is 9.06. The van der Waals surface area contributed by atoms with E-state index in [1.54, 1.807) is 6.92 Å². The molecule has 1 aromatic rings. The van der Waals surface area contributed by atoms with E-state index in [-0.39, 0.29) is 12.6 Å². The van der Waals surface area contributed by atoms with Crippen LogP contribution in [0.15, 0.2) is 29.3 Å². The number of likely N-dealkylation sites (N-methyl/N-ethyl adjacent to an activating group) is 1. The Morgan fingerprint density at radius 2 is 2.04 bits per heavy atom. The number of carbonyl (C=O) groups excluding carboxylic acids is 1. The third kappa shape index (κ3) is 5.63. The fourth-order valence-electron chi connectivity index (χ4n) is 2.60. The molecule has 1 rings (SSSR count). The average molecular weight is 351 g/mol. The van der Waals surface area contributed by atoms with Crippen molar-refractivity contribution in [1.29, 1.82) is 5.26 Å². The van der Waals surface area contributed by atoms with Gasteiger partial charge in [-0.1, -0.05) is 29.8 Å². The molecule has 6 heteroatoms. The maximum absolute atomic E-state index is 11.7. The van der Waals surface area contributed by atoms with Gasteiger partial charge in [-0.25, -0.2) is 0 Å². The van der Waals surface area contributed by atoms with Crippen LogP contribution in [0.3, 0.4) is 0 Å². The Labute approximate surface area is 148 Å². The first-order chi connectivity index (χ1) is 11.6. The Morgan fingerprint density at radius 3 is 2.58 bits per heavy atom. The summed E-state index contributed by atoms with van der Waals surface area (Å²) in [7, 11) is 0. The SMILES string of the molecule is CCOC(=O)C(C#N)C=NC[C@@H](c1ccccc1Cl)[NH+](CC)CC. The van der Waals surface area contributed by atoms with Crippen LogP contribution in [0, 0.1) is 17.2 Å². The zero-order chi connectivity index (χ0) is 17.9. The van der Waals surface area contributed by atoms with E-state index in [0.717, 1.165) is 18.7 Å². The number of benzene rings is 1. The number of ether oxygens (including phenoxy) is 1. The van der Waals surface area contributed by atoms with E-state index >= 15 is 0 Å². The van der Waals surface area contributed by atoms with Gasteiger partial charge in [-0.05, 0) is 26.8 Å². The topological polar surface area (TPSA) is 66.9 Å². The van der Waals surface area contributed by atoms with Crippen LogP contribution in [0.2, 0.25) is 5.02 Å². The fraction of sp³-hybridized carbons (Fsp3) is 0.500. The van der Waals surface area contributed by atoms with Gasteiger partial charge < -0.3 is 9.64 Å². The van der Waals surface area contributed by atoms with Gasteiger partial charge in [-0.15, -0.1) is 0 Å². The molecule has 0 aliphatic heterocycles. The lowest BCUT2D eigenvalue weighted by molar-refractivity contribution is -0.926. The molecule has 1 aromatic carbocycles. The van der Waals surface area contributed by atoms with Crippen LogP contribution in [-0.4, -0.2) is 38.4 Å².